The Morgan fingerprint density at radius 3 is 2.85 bits per heavy atom. The maximum atomic E-state index is 12.9. The van der Waals surface area contributed by atoms with Gasteiger partial charge in [-0.05, 0) is 42.1 Å². The first-order valence-corrected chi connectivity index (χ1v) is 12.9. The predicted octanol–water partition coefficient (Wildman–Crippen LogP) is 5.09. The molecule has 1 aromatic heterocycles. The van der Waals surface area contributed by atoms with Gasteiger partial charge in [0, 0.05) is 36.9 Å². The van der Waals surface area contributed by atoms with Crippen LogP contribution in [-0.2, 0) is 17.8 Å². The smallest absolute Gasteiger partial charge is 0.225 e. The van der Waals surface area contributed by atoms with Gasteiger partial charge in [0.2, 0.25) is 5.91 Å². The molecule has 1 fully saturated rings. The van der Waals surface area contributed by atoms with E-state index in [-0.39, 0.29) is 35.0 Å². The molecule has 0 aliphatic heterocycles. The number of aromatic nitrogens is 1. The maximum absolute atomic E-state index is 12.9. The fourth-order valence-corrected chi connectivity index (χ4v) is 7.47. The number of carbonyl (C=O) groups excluding carboxylic acids is 1. The van der Waals surface area contributed by atoms with Crippen LogP contribution in [0.5, 0.6) is 0 Å². The summed E-state index contributed by atoms with van der Waals surface area (Å²) in [7, 11) is 1.81. The third kappa shape index (κ3) is 4.60. The first kappa shape index (κ1) is 24.0. The minimum absolute atomic E-state index is 0.0267. The molecule has 2 N–H and O–H groups in total. The van der Waals surface area contributed by atoms with Gasteiger partial charge < -0.3 is 15.3 Å². The normalized spacial score (nSPS) is 29.5. The Bertz CT molecular complexity index is 991. The second kappa shape index (κ2) is 9.59. The van der Waals surface area contributed by atoms with E-state index in [1.807, 2.05) is 20.0 Å². The largest absolute Gasteiger partial charge is 0.392 e. The maximum Gasteiger partial charge on any atom is 0.225 e. The van der Waals surface area contributed by atoms with Crippen molar-refractivity contribution >= 4 is 22.4 Å². The van der Waals surface area contributed by atoms with E-state index in [2.05, 4.69) is 50.0 Å². The zero-order chi connectivity index (χ0) is 23.8. The second-order valence-corrected chi connectivity index (χ2v) is 11.4. The number of anilines is 1. The number of thiazole rings is 1. The van der Waals surface area contributed by atoms with Crippen molar-refractivity contribution < 1.29 is 9.90 Å². The highest BCUT2D eigenvalue weighted by Crippen LogP contribution is 2.57. The highest BCUT2D eigenvalue weighted by atomic mass is 32.1. The SMILES string of the molecule is C=CCN(C)C(=O)[C@@H](C)[C@H]1CC[C@]2(C)Cc3sc(NCc4ccccc4)nc3[C@H](C)[C@@H]2[C@H]1O. The fourth-order valence-electron chi connectivity index (χ4n) is 6.21. The number of aliphatic hydroxyl groups excluding tert-OH is 1. The van der Waals surface area contributed by atoms with Crippen LogP contribution >= 0.6 is 11.3 Å². The molecule has 0 radical (unpaired) electrons. The molecule has 1 amide bonds. The summed E-state index contributed by atoms with van der Waals surface area (Å²) in [6.07, 6.45) is 4.09. The molecular weight excluding hydrogens is 430 g/mol. The first-order valence-electron chi connectivity index (χ1n) is 12.1. The van der Waals surface area contributed by atoms with Crippen molar-refractivity contribution in [1.29, 1.82) is 0 Å². The Balaban J connectivity index is 1.52. The summed E-state index contributed by atoms with van der Waals surface area (Å²) in [6.45, 7) is 11.5. The molecule has 4 rings (SSSR count). The monoisotopic (exact) mass is 467 g/mol. The number of rotatable bonds is 7. The van der Waals surface area contributed by atoms with Crippen molar-refractivity contribution in [2.45, 2.75) is 58.6 Å². The lowest BCUT2D eigenvalue weighted by Crippen LogP contribution is -2.53. The van der Waals surface area contributed by atoms with Crippen molar-refractivity contribution in [3.63, 3.8) is 0 Å². The Hall–Kier alpha value is -2.18. The van der Waals surface area contributed by atoms with Gasteiger partial charge in [0.15, 0.2) is 5.13 Å². The lowest BCUT2D eigenvalue weighted by molar-refractivity contribution is -0.143. The standard InChI is InChI=1S/C27H37N3O2S/c1-6-14-30(5)25(32)17(2)20-12-13-27(4)15-21-23(18(3)22(27)24(20)31)29-26(33-21)28-16-19-10-8-7-9-11-19/h6-11,17-18,20,22,24,31H,1,12-16H2,2-5H3,(H,28,29)/t17-,18+,20+,22+,24-,27+/m0/s1. The average Bonchev–Trinajstić information content (AvgIpc) is 3.20. The Morgan fingerprint density at radius 2 is 2.15 bits per heavy atom. The van der Waals surface area contributed by atoms with E-state index >= 15 is 0 Å². The van der Waals surface area contributed by atoms with Crippen LogP contribution in [0.1, 0.15) is 55.7 Å². The van der Waals surface area contributed by atoms with Crippen LogP contribution in [0.15, 0.2) is 43.0 Å². The summed E-state index contributed by atoms with van der Waals surface area (Å²) < 4.78 is 0. The van der Waals surface area contributed by atoms with E-state index < -0.39 is 6.10 Å². The molecule has 2 aliphatic rings. The molecule has 0 saturated heterocycles. The Labute approximate surface area is 201 Å². The van der Waals surface area contributed by atoms with Crippen molar-refractivity contribution in [3.8, 4) is 0 Å². The van der Waals surface area contributed by atoms with E-state index in [4.69, 9.17) is 4.98 Å². The van der Waals surface area contributed by atoms with Gasteiger partial charge in [-0.1, -0.05) is 57.2 Å². The molecule has 1 heterocycles. The number of hydrogen-bond acceptors (Lipinski definition) is 5. The number of nitrogens with one attached hydrogen (secondary N) is 1. The van der Waals surface area contributed by atoms with Crippen molar-refractivity contribution in [2.75, 3.05) is 18.9 Å². The molecule has 2 aliphatic carbocycles. The van der Waals surface area contributed by atoms with E-state index in [0.29, 0.717) is 6.54 Å². The molecule has 2 aromatic rings. The zero-order valence-corrected chi connectivity index (χ0v) is 21.1. The van der Waals surface area contributed by atoms with E-state index in [0.717, 1.165) is 36.6 Å². The zero-order valence-electron chi connectivity index (χ0n) is 20.3. The van der Waals surface area contributed by atoms with Gasteiger partial charge in [0.1, 0.15) is 0 Å². The number of amides is 1. The van der Waals surface area contributed by atoms with Crippen LogP contribution in [-0.4, -0.2) is 40.6 Å². The molecule has 33 heavy (non-hydrogen) atoms. The third-order valence-electron chi connectivity index (χ3n) is 8.02. The molecule has 0 unspecified atom stereocenters. The number of likely N-dealkylation sites (N-methyl/N-ethyl adjacent to an activating group) is 1. The fraction of sp³-hybridized carbons (Fsp3) is 0.556. The predicted molar refractivity (Wildman–Crippen MR) is 135 cm³/mol. The molecular formula is C27H37N3O2S. The minimum atomic E-state index is -0.509. The van der Waals surface area contributed by atoms with Crippen LogP contribution in [0.25, 0.3) is 0 Å². The van der Waals surface area contributed by atoms with Crippen molar-refractivity contribution in [2.24, 2.45) is 23.2 Å². The summed E-state index contributed by atoms with van der Waals surface area (Å²) in [5.41, 5.74) is 2.39. The second-order valence-electron chi connectivity index (χ2n) is 10.3. The Kier molecular flexibility index (Phi) is 6.96. The van der Waals surface area contributed by atoms with Gasteiger partial charge in [0.25, 0.3) is 0 Å². The quantitative estimate of drug-likeness (QED) is 0.557. The highest BCUT2D eigenvalue weighted by Gasteiger charge is 2.54. The van der Waals surface area contributed by atoms with Gasteiger partial charge >= 0.3 is 0 Å². The number of nitrogens with zero attached hydrogens (tertiary/aromatic N) is 2. The van der Waals surface area contributed by atoms with E-state index in [1.54, 1.807) is 22.3 Å². The summed E-state index contributed by atoms with van der Waals surface area (Å²) >= 11 is 1.76. The van der Waals surface area contributed by atoms with Gasteiger partial charge in [-0.15, -0.1) is 17.9 Å². The number of carbonyl (C=O) groups is 1. The van der Waals surface area contributed by atoms with Gasteiger partial charge in [-0.3, -0.25) is 4.79 Å². The van der Waals surface area contributed by atoms with E-state index in [9.17, 15) is 9.90 Å². The summed E-state index contributed by atoms with van der Waals surface area (Å²) in [4.78, 5) is 21.0. The van der Waals surface area contributed by atoms with Gasteiger partial charge in [0.05, 0.1) is 11.8 Å². The molecule has 1 saturated carbocycles. The number of hydrogen-bond donors (Lipinski definition) is 2. The average molecular weight is 468 g/mol. The summed E-state index contributed by atoms with van der Waals surface area (Å²) in [5.74, 6) is 0.122. The topological polar surface area (TPSA) is 65.5 Å². The van der Waals surface area contributed by atoms with Crippen LogP contribution in [0.2, 0.25) is 0 Å². The third-order valence-corrected chi connectivity index (χ3v) is 9.05. The lowest BCUT2D eigenvalue weighted by atomic mass is 9.53. The van der Waals surface area contributed by atoms with Crippen LogP contribution in [0, 0.1) is 23.2 Å². The molecule has 1 aromatic carbocycles. The Morgan fingerprint density at radius 1 is 1.42 bits per heavy atom. The molecule has 0 spiro atoms. The minimum Gasteiger partial charge on any atom is -0.392 e. The molecule has 6 atom stereocenters. The van der Waals surface area contributed by atoms with Gasteiger partial charge in [-0.2, -0.15) is 0 Å². The molecule has 5 nitrogen and oxygen atoms in total. The summed E-state index contributed by atoms with van der Waals surface area (Å²) in [6, 6.07) is 10.4. The molecule has 6 heteroatoms. The van der Waals surface area contributed by atoms with E-state index in [1.165, 1.54) is 10.4 Å². The van der Waals surface area contributed by atoms with Crippen LogP contribution < -0.4 is 5.32 Å². The molecule has 0 bridgehead atoms. The highest BCUT2D eigenvalue weighted by molar-refractivity contribution is 7.15. The summed E-state index contributed by atoms with van der Waals surface area (Å²) in [5, 5.41) is 16.0. The first-order chi connectivity index (χ1) is 15.7. The van der Waals surface area contributed by atoms with Crippen LogP contribution in [0.3, 0.4) is 0 Å². The number of aliphatic hydroxyl groups is 1. The van der Waals surface area contributed by atoms with Crippen molar-refractivity contribution in [3.05, 3.63) is 59.1 Å². The number of fused-ring (bicyclic) bond motifs is 2. The lowest BCUT2D eigenvalue weighted by Gasteiger charge is -2.53. The molecule has 178 valence electrons. The number of benzene rings is 1. The van der Waals surface area contributed by atoms with Gasteiger partial charge in [-0.25, -0.2) is 4.98 Å². The van der Waals surface area contributed by atoms with Crippen LogP contribution in [0.4, 0.5) is 5.13 Å². The van der Waals surface area contributed by atoms with Crippen molar-refractivity contribution in [1.82, 2.24) is 9.88 Å².